The van der Waals surface area contributed by atoms with E-state index in [2.05, 4.69) is 13.8 Å². The van der Waals surface area contributed by atoms with E-state index >= 15 is 0 Å². The molecule has 22 heavy (non-hydrogen) atoms. The van der Waals surface area contributed by atoms with Crippen molar-refractivity contribution in [2.24, 2.45) is 0 Å². The molecule has 0 saturated heterocycles. The number of phenolic OH excluding ortho intramolecular Hbond substituents is 2. The Morgan fingerprint density at radius 2 is 1.05 bits per heavy atom. The Morgan fingerprint density at radius 3 is 1.27 bits per heavy atom. The molecule has 2 aromatic carbocycles. The highest BCUT2D eigenvalue weighted by Gasteiger charge is 2.22. The highest BCUT2D eigenvalue weighted by Crippen LogP contribution is 2.32. The molecule has 0 bridgehead atoms. The summed E-state index contributed by atoms with van der Waals surface area (Å²) in [7, 11) is 0. The van der Waals surface area contributed by atoms with E-state index < -0.39 is 0 Å². The van der Waals surface area contributed by atoms with E-state index in [4.69, 9.17) is 4.74 Å². The number of hydrogen-bond acceptors (Lipinski definition) is 3. The molecule has 0 aliphatic carbocycles. The van der Waals surface area contributed by atoms with Crippen LogP contribution in [0.2, 0.25) is 0 Å². The minimum Gasteiger partial charge on any atom is -0.508 e. The lowest BCUT2D eigenvalue weighted by Gasteiger charge is -2.26. The van der Waals surface area contributed by atoms with Crippen molar-refractivity contribution in [1.82, 2.24) is 0 Å². The van der Waals surface area contributed by atoms with Gasteiger partial charge in [-0.1, -0.05) is 38.1 Å². The first kappa shape index (κ1) is 18.1. The summed E-state index contributed by atoms with van der Waals surface area (Å²) in [4.78, 5) is 0. The molecule has 0 atom stereocenters. The molecule has 0 aromatic heterocycles. The normalized spacial score (nSPS) is 10.7. The number of aromatic hydroxyl groups is 2. The number of benzene rings is 2. The minimum atomic E-state index is -0.151. The molecule has 0 aliphatic rings. The molecule has 0 unspecified atom stereocenters. The number of rotatable bonds is 4. The maximum absolute atomic E-state index is 9.30. The van der Waals surface area contributed by atoms with E-state index in [1.807, 2.05) is 38.1 Å². The summed E-state index contributed by atoms with van der Waals surface area (Å²) in [6.45, 7) is 9.90. The van der Waals surface area contributed by atoms with Crippen LogP contribution < -0.4 is 0 Å². The molecule has 3 nitrogen and oxygen atoms in total. The van der Waals surface area contributed by atoms with Gasteiger partial charge in [0, 0.05) is 18.6 Å². The van der Waals surface area contributed by atoms with Crippen molar-refractivity contribution in [3.05, 3.63) is 59.7 Å². The van der Waals surface area contributed by atoms with Crippen LogP contribution in [0.3, 0.4) is 0 Å². The van der Waals surface area contributed by atoms with Crippen LogP contribution in [-0.2, 0) is 10.2 Å². The molecule has 0 aliphatic heterocycles. The highest BCUT2D eigenvalue weighted by molar-refractivity contribution is 5.41. The van der Waals surface area contributed by atoms with Crippen LogP contribution in [0.15, 0.2) is 48.5 Å². The fraction of sp³-hybridized carbons (Fsp3) is 0.368. The number of hydrogen-bond donors (Lipinski definition) is 2. The zero-order valence-corrected chi connectivity index (χ0v) is 13.8. The van der Waals surface area contributed by atoms with E-state index in [1.165, 1.54) is 0 Å². The van der Waals surface area contributed by atoms with Crippen LogP contribution >= 0.6 is 0 Å². The van der Waals surface area contributed by atoms with Gasteiger partial charge in [0.2, 0.25) is 0 Å². The molecule has 0 spiro atoms. The van der Waals surface area contributed by atoms with Gasteiger partial charge in [-0.05, 0) is 49.2 Å². The van der Waals surface area contributed by atoms with Crippen LogP contribution in [0.4, 0.5) is 0 Å². The number of ether oxygens (including phenoxy) is 1. The second kappa shape index (κ2) is 8.44. The molecular weight excluding hydrogens is 276 g/mol. The SMILES string of the molecule is CC(C)(c1ccc(O)cc1)c1ccc(O)cc1.CCOCC. The first-order valence-electron chi connectivity index (χ1n) is 7.58. The van der Waals surface area contributed by atoms with Crippen molar-refractivity contribution < 1.29 is 14.9 Å². The van der Waals surface area contributed by atoms with Gasteiger partial charge in [0.05, 0.1) is 0 Å². The Balaban J connectivity index is 0.000000422. The topological polar surface area (TPSA) is 49.7 Å². The van der Waals surface area contributed by atoms with Gasteiger partial charge in [0.1, 0.15) is 11.5 Å². The van der Waals surface area contributed by atoms with Gasteiger partial charge in [-0.15, -0.1) is 0 Å². The summed E-state index contributed by atoms with van der Waals surface area (Å²) in [6.07, 6.45) is 0. The molecule has 0 saturated carbocycles. The van der Waals surface area contributed by atoms with Crippen molar-refractivity contribution in [3.63, 3.8) is 0 Å². The lowest BCUT2D eigenvalue weighted by atomic mass is 9.78. The Kier molecular flexibility index (Phi) is 6.93. The molecule has 3 heteroatoms. The van der Waals surface area contributed by atoms with E-state index in [0.717, 1.165) is 24.3 Å². The summed E-state index contributed by atoms with van der Waals surface area (Å²) in [6, 6.07) is 14.4. The first-order chi connectivity index (χ1) is 10.4. The van der Waals surface area contributed by atoms with Crippen LogP contribution in [0, 0.1) is 0 Å². The fourth-order valence-corrected chi connectivity index (χ4v) is 2.13. The van der Waals surface area contributed by atoms with Gasteiger partial charge in [0.15, 0.2) is 0 Å². The lowest BCUT2D eigenvalue weighted by Crippen LogP contribution is -2.18. The van der Waals surface area contributed by atoms with Crippen molar-refractivity contribution in [2.45, 2.75) is 33.1 Å². The van der Waals surface area contributed by atoms with Crippen molar-refractivity contribution >= 4 is 0 Å². The Bertz CT molecular complexity index is 492. The third kappa shape index (κ3) is 5.08. The minimum absolute atomic E-state index is 0.151. The summed E-state index contributed by atoms with van der Waals surface area (Å²) in [5.74, 6) is 0.547. The second-order valence-corrected chi connectivity index (χ2v) is 5.50. The van der Waals surface area contributed by atoms with Gasteiger partial charge >= 0.3 is 0 Å². The smallest absolute Gasteiger partial charge is 0.115 e. The maximum atomic E-state index is 9.30. The molecule has 2 N–H and O–H groups in total. The molecule has 2 rings (SSSR count). The standard InChI is InChI=1S/C15H16O2.C4H10O/c1-15(2,11-3-7-13(16)8-4-11)12-5-9-14(17)10-6-12;1-3-5-4-2/h3-10,16-17H,1-2H3;3-4H2,1-2H3. The average molecular weight is 302 g/mol. The van der Waals surface area contributed by atoms with Gasteiger partial charge in [-0.25, -0.2) is 0 Å². The molecule has 0 radical (unpaired) electrons. The van der Waals surface area contributed by atoms with Gasteiger partial charge in [-0.2, -0.15) is 0 Å². The Morgan fingerprint density at radius 1 is 0.727 bits per heavy atom. The van der Waals surface area contributed by atoms with Crippen LogP contribution in [-0.4, -0.2) is 23.4 Å². The molecular formula is C19H26O3. The molecule has 0 fully saturated rings. The largest absolute Gasteiger partial charge is 0.508 e. The quantitative estimate of drug-likeness (QED) is 0.876. The van der Waals surface area contributed by atoms with E-state index in [-0.39, 0.29) is 16.9 Å². The zero-order valence-electron chi connectivity index (χ0n) is 13.8. The summed E-state index contributed by atoms with van der Waals surface area (Å²) in [5, 5.41) is 18.6. The van der Waals surface area contributed by atoms with Crippen molar-refractivity contribution in [2.75, 3.05) is 13.2 Å². The van der Waals surface area contributed by atoms with Crippen LogP contribution in [0.25, 0.3) is 0 Å². The van der Waals surface area contributed by atoms with Crippen molar-refractivity contribution in [3.8, 4) is 11.5 Å². The summed E-state index contributed by atoms with van der Waals surface area (Å²) >= 11 is 0. The second-order valence-electron chi connectivity index (χ2n) is 5.50. The summed E-state index contributed by atoms with van der Waals surface area (Å²) in [5.41, 5.74) is 2.10. The highest BCUT2D eigenvalue weighted by atomic mass is 16.5. The lowest BCUT2D eigenvalue weighted by molar-refractivity contribution is 0.162. The monoisotopic (exact) mass is 302 g/mol. The van der Waals surface area contributed by atoms with Gasteiger partial charge in [-0.3, -0.25) is 0 Å². The number of phenols is 2. The van der Waals surface area contributed by atoms with E-state index in [0.29, 0.717) is 0 Å². The Labute approximate surface area is 133 Å². The maximum Gasteiger partial charge on any atom is 0.115 e. The fourth-order valence-electron chi connectivity index (χ4n) is 2.13. The zero-order chi connectivity index (χ0) is 16.6. The van der Waals surface area contributed by atoms with E-state index in [9.17, 15) is 10.2 Å². The van der Waals surface area contributed by atoms with Crippen LogP contribution in [0.1, 0.15) is 38.8 Å². The van der Waals surface area contributed by atoms with Gasteiger partial charge < -0.3 is 14.9 Å². The van der Waals surface area contributed by atoms with Gasteiger partial charge in [0.25, 0.3) is 0 Å². The molecule has 0 heterocycles. The predicted octanol–water partition coefficient (Wildman–Crippen LogP) is 4.47. The molecule has 0 amide bonds. The predicted molar refractivity (Wildman–Crippen MR) is 90.5 cm³/mol. The van der Waals surface area contributed by atoms with Crippen LogP contribution in [0.5, 0.6) is 11.5 Å². The molecule has 2 aromatic rings. The third-order valence-electron chi connectivity index (χ3n) is 3.59. The summed E-state index contributed by atoms with van der Waals surface area (Å²) < 4.78 is 4.83. The van der Waals surface area contributed by atoms with E-state index in [1.54, 1.807) is 24.3 Å². The third-order valence-corrected chi connectivity index (χ3v) is 3.59. The van der Waals surface area contributed by atoms with Crippen molar-refractivity contribution in [1.29, 1.82) is 0 Å². The first-order valence-corrected chi connectivity index (χ1v) is 7.58. The molecule has 120 valence electrons. The Hall–Kier alpha value is -2.00. The average Bonchev–Trinajstić information content (AvgIpc) is 2.49.